The van der Waals surface area contributed by atoms with E-state index in [2.05, 4.69) is 37.2 Å². The van der Waals surface area contributed by atoms with Gasteiger partial charge in [-0.25, -0.2) is 4.79 Å². The molecular weight excluding hydrogens is 1140 g/mol. The first-order valence-corrected chi connectivity index (χ1v) is 31.6. The predicted molar refractivity (Wildman–Crippen MR) is 329 cm³/mol. The molecule has 6 rings (SSSR count). The number of nitrogens with two attached hydrogens (primary N) is 1. The summed E-state index contributed by atoms with van der Waals surface area (Å²) >= 11 is 0. The lowest BCUT2D eigenvalue weighted by Gasteiger charge is -2.40. The highest BCUT2D eigenvalue weighted by Gasteiger charge is 2.47. The number of carboxylic acids is 1. The molecule has 0 bridgehead atoms. The molecule has 2 aromatic carbocycles. The smallest absolute Gasteiger partial charge is 0.326 e. The van der Waals surface area contributed by atoms with Crippen LogP contribution in [-0.2, 0) is 83.5 Å². The van der Waals surface area contributed by atoms with E-state index in [1.165, 1.54) is 19.6 Å². The molecule has 89 heavy (non-hydrogen) atoms. The Morgan fingerprint density at radius 1 is 0.517 bits per heavy atom. The summed E-state index contributed by atoms with van der Waals surface area (Å²) in [7, 11) is 0. The number of fused-ring (bicyclic) bond motifs is 2. The topological polar surface area (TPSA) is 348 Å². The summed E-state index contributed by atoms with van der Waals surface area (Å²) in [4.78, 5) is 171. The van der Waals surface area contributed by atoms with Crippen molar-refractivity contribution in [3.8, 4) is 0 Å². The Hall–Kier alpha value is -7.96. The number of amides is 11. The van der Waals surface area contributed by atoms with Gasteiger partial charge in [-0.2, -0.15) is 0 Å². The van der Waals surface area contributed by atoms with Crippen molar-refractivity contribution in [3.05, 3.63) is 70.8 Å². The van der Waals surface area contributed by atoms with Crippen LogP contribution in [0.15, 0.2) is 48.5 Å². The van der Waals surface area contributed by atoms with Crippen molar-refractivity contribution in [2.24, 2.45) is 29.4 Å². The van der Waals surface area contributed by atoms with Crippen LogP contribution in [0.4, 0.5) is 0 Å². The van der Waals surface area contributed by atoms with Crippen LogP contribution in [0.2, 0.25) is 0 Å². The Balaban J connectivity index is 1.20. The lowest BCUT2D eigenvalue weighted by Crippen LogP contribution is -2.62. The number of rotatable bonds is 31. The van der Waals surface area contributed by atoms with Crippen LogP contribution in [0, 0.1) is 23.7 Å². The van der Waals surface area contributed by atoms with Crippen LogP contribution in [0.5, 0.6) is 0 Å². The number of hydrogen-bond acceptors (Lipinski definition) is 13. The Bertz CT molecular complexity index is 2870. The molecule has 25 heteroatoms. The van der Waals surface area contributed by atoms with Gasteiger partial charge in [0.1, 0.15) is 54.4 Å². The normalized spacial score (nSPS) is 20.1. The summed E-state index contributed by atoms with van der Waals surface area (Å²) in [5.41, 5.74) is 9.34. The van der Waals surface area contributed by atoms with E-state index < -0.39 is 125 Å². The molecule has 0 spiro atoms. The lowest BCUT2D eigenvalue weighted by atomic mass is 9.92. The fourth-order valence-electron chi connectivity index (χ4n) is 12.3. The molecule has 2 saturated heterocycles. The van der Waals surface area contributed by atoms with Crippen molar-refractivity contribution < 1.29 is 62.6 Å². The Labute approximate surface area is 521 Å². The number of carboxylic acid groups (broad SMARTS) is 1. The van der Waals surface area contributed by atoms with Gasteiger partial charge < -0.3 is 67.7 Å². The summed E-state index contributed by atoms with van der Waals surface area (Å²) in [6.07, 6.45) is 3.59. The highest BCUT2D eigenvalue weighted by molar-refractivity contribution is 5.99. The quantitative estimate of drug-likeness (QED) is 0.0378. The van der Waals surface area contributed by atoms with Gasteiger partial charge in [-0.05, 0) is 110 Å². The summed E-state index contributed by atoms with van der Waals surface area (Å²) in [5, 5.41) is 29.5. The molecule has 0 radical (unpaired) electrons. The number of nitrogens with zero attached hydrogens (tertiary/aromatic N) is 4. The summed E-state index contributed by atoms with van der Waals surface area (Å²) < 4.78 is 0. The summed E-state index contributed by atoms with van der Waals surface area (Å²) in [5.74, 6) is -7.66. The molecule has 0 aliphatic carbocycles. The number of hydrogen-bond donors (Lipinski definition) is 9. The number of carbonyl (C=O) groups excluding carboxylic acids is 11. The minimum Gasteiger partial charge on any atom is -0.480 e. The van der Waals surface area contributed by atoms with Crippen LogP contribution < -0.4 is 43.0 Å². The van der Waals surface area contributed by atoms with Crippen molar-refractivity contribution in [3.63, 3.8) is 0 Å². The largest absolute Gasteiger partial charge is 0.480 e. The first kappa shape index (κ1) is 70.1. The average Bonchev–Trinajstić information content (AvgIpc) is 1.81. The van der Waals surface area contributed by atoms with E-state index in [9.17, 15) is 57.8 Å². The van der Waals surface area contributed by atoms with Gasteiger partial charge in [0.05, 0.1) is 6.04 Å². The number of nitrogens with one attached hydrogen (secondary N) is 7. The predicted octanol–water partition coefficient (Wildman–Crippen LogP) is 1.17. The van der Waals surface area contributed by atoms with Crippen LogP contribution >= 0.6 is 0 Å². The van der Waals surface area contributed by atoms with Gasteiger partial charge in [0.2, 0.25) is 66.0 Å². The van der Waals surface area contributed by atoms with Crippen LogP contribution in [0.25, 0.3) is 0 Å². The van der Waals surface area contributed by atoms with E-state index in [-0.39, 0.29) is 115 Å². The van der Waals surface area contributed by atoms with Crippen molar-refractivity contribution in [2.75, 3.05) is 26.2 Å². The zero-order valence-electron chi connectivity index (χ0n) is 52.8. The highest BCUT2D eigenvalue weighted by atomic mass is 16.4. The van der Waals surface area contributed by atoms with Crippen molar-refractivity contribution >= 4 is 72.0 Å². The van der Waals surface area contributed by atoms with Gasteiger partial charge in [0, 0.05) is 52.1 Å². The maximum absolute atomic E-state index is 15.2. The number of aliphatic carboxylic acids is 1. The zero-order chi connectivity index (χ0) is 65.2. The molecule has 2 fully saturated rings. The molecule has 25 nitrogen and oxygen atoms in total. The SMILES string of the molecule is CC(C)C[C@H](NC(=O)[C@H](CCCNC=O)NC(=O)[C@@H](NC(=O)[C@@H]1Cc2ccccc2CN1C(=O)[C@H]1CCCN1C(=O)[C@H](CC(C)C)NC(=O)[C@H](CCCNC=O)NC(=O)[C@@H](N)C(C)C)C(C)C)C(=O)N1CCC[C@@H]1C(=O)N1Cc2ccccc2C[C@H]1C(=O)O. The highest BCUT2D eigenvalue weighted by Crippen LogP contribution is 2.31. The zero-order valence-corrected chi connectivity index (χ0v) is 52.8. The van der Waals surface area contributed by atoms with Gasteiger partial charge in [0.25, 0.3) is 0 Å². The van der Waals surface area contributed by atoms with Crippen LogP contribution in [0.1, 0.15) is 142 Å². The van der Waals surface area contributed by atoms with E-state index in [4.69, 9.17) is 5.73 Å². The van der Waals surface area contributed by atoms with Crippen molar-refractivity contribution in [2.45, 2.75) is 206 Å². The molecule has 10 atom stereocenters. The molecule has 4 aliphatic rings. The summed E-state index contributed by atoms with van der Waals surface area (Å²) in [6.45, 7) is 15.2. The third-order valence-corrected chi connectivity index (χ3v) is 17.3. The fourth-order valence-corrected chi connectivity index (χ4v) is 12.3. The Kier molecular flexibility index (Phi) is 26.0. The molecule has 488 valence electrons. The second-order valence-electron chi connectivity index (χ2n) is 25.6. The van der Waals surface area contributed by atoms with Gasteiger partial charge in [-0.1, -0.05) is 104 Å². The number of carbonyl (C=O) groups is 12. The van der Waals surface area contributed by atoms with Gasteiger partial charge in [-0.15, -0.1) is 0 Å². The van der Waals surface area contributed by atoms with E-state index in [1.54, 1.807) is 27.7 Å². The molecular formula is C64H94N12O13. The van der Waals surface area contributed by atoms with Crippen molar-refractivity contribution in [1.29, 1.82) is 0 Å². The maximum Gasteiger partial charge on any atom is 0.326 e. The summed E-state index contributed by atoms with van der Waals surface area (Å²) in [6, 6.07) is 3.41. The van der Waals surface area contributed by atoms with Crippen molar-refractivity contribution in [1.82, 2.24) is 56.8 Å². The Morgan fingerprint density at radius 2 is 0.921 bits per heavy atom. The van der Waals surface area contributed by atoms with Crippen LogP contribution in [-0.4, -0.2) is 183 Å². The van der Waals surface area contributed by atoms with Gasteiger partial charge in [-0.3, -0.25) is 52.7 Å². The third-order valence-electron chi connectivity index (χ3n) is 17.3. The molecule has 4 aliphatic heterocycles. The molecule has 0 unspecified atom stereocenters. The first-order valence-electron chi connectivity index (χ1n) is 31.6. The Morgan fingerprint density at radius 3 is 1.33 bits per heavy atom. The second-order valence-corrected chi connectivity index (χ2v) is 25.6. The van der Waals surface area contributed by atoms with E-state index >= 15 is 4.79 Å². The van der Waals surface area contributed by atoms with E-state index in [0.29, 0.717) is 32.1 Å². The monoisotopic (exact) mass is 1240 g/mol. The lowest BCUT2D eigenvalue weighted by molar-refractivity contribution is -0.155. The first-order chi connectivity index (χ1) is 42.4. The third kappa shape index (κ3) is 18.6. The van der Waals surface area contributed by atoms with E-state index in [1.807, 2.05) is 76.2 Å². The van der Waals surface area contributed by atoms with Gasteiger partial charge >= 0.3 is 5.97 Å². The molecule has 2 aromatic rings. The standard InChI is InChI=1S/C64H94N12O13/c1-37(2)29-47(70-55(79)45(21-13-25-66-35-77)68-58(82)53(65)39(5)6)60(84)73-27-15-23-49(73)62(86)75-33-43-19-11-9-17-41(43)31-51(75)57(81)72-54(40(7)8)59(83)69-46(22-14-26-67-36-78)56(80)71-48(30-38(3)4)61(85)74-28-16-24-50(74)63(87)76-34-44-20-12-10-18-42(44)32-52(76)64(88)89/h9-12,17-20,35-40,45-54H,13-16,21-34,65H2,1-8H3,(H,66,77)(H,67,78)(H,68,82)(H,69,83)(H,70,79)(H,71,80)(H,72,81)(H,88,89)/t45-,46-,47-,48-,49+,50+,51-,52-,53-,54-/m0/s1. The van der Waals surface area contributed by atoms with Gasteiger partial charge in [0.15, 0.2) is 0 Å². The molecule has 0 aromatic heterocycles. The maximum atomic E-state index is 15.2. The number of benzene rings is 2. The molecule has 4 heterocycles. The van der Waals surface area contributed by atoms with E-state index in [0.717, 1.165) is 22.3 Å². The molecule has 10 N–H and O–H groups in total. The average molecular weight is 1240 g/mol. The fraction of sp³-hybridized carbons (Fsp3) is 0.625. The molecule has 11 amide bonds. The van der Waals surface area contributed by atoms with Crippen LogP contribution in [0.3, 0.4) is 0 Å². The second kappa shape index (κ2) is 33.0. The minimum absolute atomic E-state index is 0.00944. The molecule has 0 saturated carbocycles. The minimum atomic E-state index is -1.30. The number of likely N-dealkylation sites (tertiary alicyclic amines) is 2.